The van der Waals surface area contributed by atoms with Gasteiger partial charge in [0.05, 0.1) is 0 Å². The summed E-state index contributed by atoms with van der Waals surface area (Å²) < 4.78 is 0. The molecule has 5 nitrogen and oxygen atoms in total. The normalized spacial score (nSPS) is 10.3. The van der Waals surface area contributed by atoms with E-state index in [0.29, 0.717) is 23.7 Å². The molecular weight excluding hydrogens is 350 g/mol. The Balaban J connectivity index is 1.92. The van der Waals surface area contributed by atoms with Crippen LogP contribution in [0, 0.1) is 0 Å². The zero-order valence-electron chi connectivity index (χ0n) is 15.3. The van der Waals surface area contributed by atoms with Gasteiger partial charge in [-0.05, 0) is 48.4 Å². The highest BCUT2D eigenvalue weighted by atomic mass is 35.5. The third-order valence-electron chi connectivity index (χ3n) is 3.98. The maximum atomic E-state index is 12.2. The van der Waals surface area contributed by atoms with E-state index in [2.05, 4.69) is 5.32 Å². The minimum Gasteiger partial charge on any atom is -0.378 e. The van der Waals surface area contributed by atoms with Gasteiger partial charge in [0, 0.05) is 44.0 Å². The van der Waals surface area contributed by atoms with Gasteiger partial charge in [-0.15, -0.1) is 0 Å². The number of hydrogen-bond donors (Lipinski definition) is 1. The molecule has 0 saturated carbocycles. The van der Waals surface area contributed by atoms with Gasteiger partial charge in [-0.2, -0.15) is 0 Å². The lowest BCUT2D eigenvalue weighted by molar-refractivity contribution is -0.123. The van der Waals surface area contributed by atoms with Gasteiger partial charge in [0.15, 0.2) is 0 Å². The van der Waals surface area contributed by atoms with Gasteiger partial charge in [0.1, 0.15) is 6.54 Å². The zero-order valence-corrected chi connectivity index (χ0v) is 16.1. The van der Waals surface area contributed by atoms with Gasteiger partial charge in [-0.25, -0.2) is 0 Å². The van der Waals surface area contributed by atoms with Crippen molar-refractivity contribution < 1.29 is 9.59 Å². The fraction of sp³-hybridized carbons (Fsp3) is 0.300. The van der Waals surface area contributed by atoms with E-state index >= 15 is 0 Å². The SMILES string of the molecule is CC(=O)N(CC(=O)NCCc1cccc(Cl)c1)c1ccc(N(C)C)cc1. The Morgan fingerprint density at radius 2 is 1.69 bits per heavy atom. The number of rotatable bonds is 7. The Hall–Kier alpha value is -2.53. The molecule has 0 aliphatic carbocycles. The van der Waals surface area contributed by atoms with Crippen molar-refractivity contribution in [2.24, 2.45) is 0 Å². The van der Waals surface area contributed by atoms with E-state index in [1.165, 1.54) is 11.8 Å². The number of carbonyl (C=O) groups is 2. The lowest BCUT2D eigenvalue weighted by Crippen LogP contribution is -2.40. The number of halogens is 1. The summed E-state index contributed by atoms with van der Waals surface area (Å²) in [4.78, 5) is 27.6. The molecule has 26 heavy (non-hydrogen) atoms. The molecule has 2 aromatic rings. The van der Waals surface area contributed by atoms with E-state index in [1.807, 2.05) is 67.5 Å². The molecule has 2 amide bonds. The minimum atomic E-state index is -0.195. The fourth-order valence-corrected chi connectivity index (χ4v) is 2.77. The molecule has 2 rings (SSSR count). The van der Waals surface area contributed by atoms with Crippen molar-refractivity contribution in [1.29, 1.82) is 0 Å². The summed E-state index contributed by atoms with van der Waals surface area (Å²) >= 11 is 5.95. The zero-order chi connectivity index (χ0) is 19.1. The van der Waals surface area contributed by atoms with E-state index in [1.54, 1.807) is 0 Å². The number of amides is 2. The summed E-state index contributed by atoms with van der Waals surface area (Å²) in [5.74, 6) is -0.369. The Bertz CT molecular complexity index is 760. The quantitative estimate of drug-likeness (QED) is 0.811. The van der Waals surface area contributed by atoms with Crippen LogP contribution < -0.4 is 15.1 Å². The van der Waals surface area contributed by atoms with Gasteiger partial charge in [0.25, 0.3) is 0 Å². The number of hydrogen-bond acceptors (Lipinski definition) is 3. The highest BCUT2D eigenvalue weighted by molar-refractivity contribution is 6.30. The molecular formula is C20H24ClN3O2. The number of nitrogens with zero attached hydrogens (tertiary/aromatic N) is 2. The lowest BCUT2D eigenvalue weighted by atomic mass is 10.1. The van der Waals surface area contributed by atoms with Gasteiger partial charge in [0.2, 0.25) is 11.8 Å². The highest BCUT2D eigenvalue weighted by Crippen LogP contribution is 2.19. The molecule has 0 radical (unpaired) electrons. The van der Waals surface area contributed by atoms with E-state index in [4.69, 9.17) is 11.6 Å². The van der Waals surface area contributed by atoms with Crippen molar-refractivity contribution in [2.75, 3.05) is 37.0 Å². The van der Waals surface area contributed by atoms with Crippen molar-refractivity contribution in [1.82, 2.24) is 5.32 Å². The van der Waals surface area contributed by atoms with Gasteiger partial charge in [-0.3, -0.25) is 9.59 Å². The first-order valence-electron chi connectivity index (χ1n) is 8.43. The van der Waals surface area contributed by atoms with Crippen LogP contribution in [0.1, 0.15) is 12.5 Å². The number of nitrogens with one attached hydrogen (secondary N) is 1. The summed E-state index contributed by atoms with van der Waals surface area (Å²) in [7, 11) is 3.90. The maximum absolute atomic E-state index is 12.2. The fourth-order valence-electron chi connectivity index (χ4n) is 2.55. The van der Waals surface area contributed by atoms with Crippen LogP contribution >= 0.6 is 11.6 Å². The molecule has 0 aliphatic heterocycles. The Labute approximate surface area is 159 Å². The Morgan fingerprint density at radius 1 is 1.04 bits per heavy atom. The standard InChI is InChI=1S/C20H24ClN3O2/c1-15(25)24(19-9-7-18(8-10-19)23(2)3)14-20(26)22-12-11-16-5-4-6-17(21)13-16/h4-10,13H,11-12,14H2,1-3H3,(H,22,26). The summed E-state index contributed by atoms with van der Waals surface area (Å²) in [6.45, 7) is 1.94. The van der Waals surface area contributed by atoms with E-state index in [0.717, 1.165) is 11.3 Å². The maximum Gasteiger partial charge on any atom is 0.240 e. The van der Waals surface area contributed by atoms with Gasteiger partial charge >= 0.3 is 0 Å². The van der Waals surface area contributed by atoms with Crippen LogP contribution in [0.5, 0.6) is 0 Å². The van der Waals surface area contributed by atoms with Crippen molar-refractivity contribution in [3.63, 3.8) is 0 Å². The predicted molar refractivity (Wildman–Crippen MR) is 107 cm³/mol. The Morgan fingerprint density at radius 3 is 2.27 bits per heavy atom. The molecule has 0 bridgehead atoms. The van der Waals surface area contributed by atoms with Crippen molar-refractivity contribution in [2.45, 2.75) is 13.3 Å². The first-order valence-corrected chi connectivity index (χ1v) is 8.81. The van der Waals surface area contributed by atoms with Crippen LogP contribution in [-0.4, -0.2) is 39.0 Å². The molecule has 2 aromatic carbocycles. The van der Waals surface area contributed by atoms with Gasteiger partial charge < -0.3 is 15.1 Å². The topological polar surface area (TPSA) is 52.7 Å². The summed E-state index contributed by atoms with van der Waals surface area (Å²) in [6.07, 6.45) is 0.684. The summed E-state index contributed by atoms with van der Waals surface area (Å²) in [5.41, 5.74) is 2.79. The predicted octanol–water partition coefficient (Wildman–Crippen LogP) is 3.12. The van der Waals surface area contributed by atoms with Crippen LogP contribution in [0.3, 0.4) is 0 Å². The molecule has 1 N–H and O–H groups in total. The molecule has 6 heteroatoms. The number of anilines is 2. The molecule has 0 spiro atoms. The second-order valence-corrected chi connectivity index (χ2v) is 6.68. The van der Waals surface area contributed by atoms with E-state index < -0.39 is 0 Å². The van der Waals surface area contributed by atoms with Crippen LogP contribution in [-0.2, 0) is 16.0 Å². The summed E-state index contributed by atoms with van der Waals surface area (Å²) in [5, 5.41) is 3.53. The second-order valence-electron chi connectivity index (χ2n) is 6.25. The van der Waals surface area contributed by atoms with Crippen LogP contribution in [0.4, 0.5) is 11.4 Å². The highest BCUT2D eigenvalue weighted by Gasteiger charge is 2.15. The molecule has 0 unspecified atom stereocenters. The Kier molecular flexibility index (Phi) is 7.04. The average Bonchev–Trinajstić information content (AvgIpc) is 2.59. The number of benzene rings is 2. The molecule has 138 valence electrons. The van der Waals surface area contributed by atoms with Crippen molar-refractivity contribution in [3.8, 4) is 0 Å². The third kappa shape index (κ3) is 5.77. The number of carbonyl (C=O) groups excluding carboxylic acids is 2. The van der Waals surface area contributed by atoms with E-state index in [-0.39, 0.29) is 18.4 Å². The monoisotopic (exact) mass is 373 g/mol. The van der Waals surface area contributed by atoms with Gasteiger partial charge in [-0.1, -0.05) is 23.7 Å². The molecule has 0 fully saturated rings. The molecule has 0 heterocycles. The largest absolute Gasteiger partial charge is 0.378 e. The van der Waals surface area contributed by atoms with Crippen molar-refractivity contribution >= 4 is 34.8 Å². The minimum absolute atomic E-state index is 0.00775. The molecule has 0 aromatic heterocycles. The first-order chi connectivity index (χ1) is 12.4. The average molecular weight is 374 g/mol. The van der Waals surface area contributed by atoms with Crippen molar-refractivity contribution in [3.05, 3.63) is 59.1 Å². The third-order valence-corrected chi connectivity index (χ3v) is 4.22. The van der Waals surface area contributed by atoms with E-state index in [9.17, 15) is 9.59 Å². The lowest BCUT2D eigenvalue weighted by Gasteiger charge is -2.22. The summed E-state index contributed by atoms with van der Waals surface area (Å²) in [6, 6.07) is 15.1. The first kappa shape index (κ1) is 19.8. The molecule has 0 saturated heterocycles. The van der Waals surface area contributed by atoms with Crippen LogP contribution in [0.2, 0.25) is 5.02 Å². The smallest absolute Gasteiger partial charge is 0.240 e. The van der Waals surface area contributed by atoms with Crippen LogP contribution in [0.15, 0.2) is 48.5 Å². The molecule has 0 atom stereocenters. The van der Waals surface area contributed by atoms with Crippen LogP contribution in [0.25, 0.3) is 0 Å². The second kappa shape index (κ2) is 9.25. The molecule has 0 aliphatic rings.